The van der Waals surface area contributed by atoms with E-state index in [1.165, 1.54) is 0 Å². The lowest BCUT2D eigenvalue weighted by atomic mass is 9.79. The summed E-state index contributed by atoms with van der Waals surface area (Å²) >= 11 is 1.64. The predicted molar refractivity (Wildman–Crippen MR) is 121 cm³/mol. The first-order valence-corrected chi connectivity index (χ1v) is 11.0. The van der Waals surface area contributed by atoms with Gasteiger partial charge in [-0.3, -0.25) is 4.99 Å². The number of fused-ring (bicyclic) bond motifs is 3. The van der Waals surface area contributed by atoms with Crippen molar-refractivity contribution in [2.24, 2.45) is 16.6 Å². The van der Waals surface area contributed by atoms with Crippen molar-refractivity contribution < 1.29 is 9.47 Å². The van der Waals surface area contributed by atoms with Crippen LogP contribution in [0.1, 0.15) is 18.9 Å². The van der Waals surface area contributed by atoms with E-state index in [4.69, 9.17) is 20.2 Å². The van der Waals surface area contributed by atoms with Crippen LogP contribution in [0.5, 0.6) is 11.5 Å². The SMILES string of the molecule is COc1ccc(-c2cn(-c3ccc4c(c3)[C@@]3(C)N=C(N)SC[C@H]3CCO4)cn2)cc1. The van der Waals surface area contributed by atoms with Crippen molar-refractivity contribution in [2.75, 3.05) is 19.5 Å². The maximum absolute atomic E-state index is 6.12. The lowest BCUT2D eigenvalue weighted by Gasteiger charge is -2.36. The van der Waals surface area contributed by atoms with Crippen LogP contribution in [0, 0.1) is 5.92 Å². The molecule has 0 amide bonds. The molecule has 0 unspecified atom stereocenters. The summed E-state index contributed by atoms with van der Waals surface area (Å²) in [5, 5.41) is 0.649. The summed E-state index contributed by atoms with van der Waals surface area (Å²) in [7, 11) is 1.67. The Labute approximate surface area is 180 Å². The molecule has 1 aromatic heterocycles. The molecule has 0 saturated heterocycles. The predicted octanol–water partition coefficient (Wildman–Crippen LogP) is 4.22. The van der Waals surface area contributed by atoms with Gasteiger partial charge in [-0.1, -0.05) is 11.8 Å². The molecular formula is C23H24N4O2S. The van der Waals surface area contributed by atoms with Gasteiger partial charge in [0.25, 0.3) is 0 Å². The van der Waals surface area contributed by atoms with Crippen LogP contribution >= 0.6 is 11.8 Å². The molecule has 154 valence electrons. The van der Waals surface area contributed by atoms with E-state index in [0.29, 0.717) is 17.7 Å². The Morgan fingerprint density at radius 3 is 2.87 bits per heavy atom. The number of nitrogens with zero attached hydrogens (tertiary/aromatic N) is 3. The topological polar surface area (TPSA) is 74.7 Å². The lowest BCUT2D eigenvalue weighted by molar-refractivity contribution is 0.271. The molecule has 2 aliphatic heterocycles. The van der Waals surface area contributed by atoms with Gasteiger partial charge in [-0.15, -0.1) is 0 Å². The van der Waals surface area contributed by atoms with Gasteiger partial charge < -0.3 is 19.8 Å². The van der Waals surface area contributed by atoms with E-state index in [9.17, 15) is 0 Å². The van der Waals surface area contributed by atoms with E-state index in [1.54, 1.807) is 18.9 Å². The minimum Gasteiger partial charge on any atom is -0.497 e. The summed E-state index contributed by atoms with van der Waals surface area (Å²) < 4.78 is 13.4. The highest BCUT2D eigenvalue weighted by molar-refractivity contribution is 8.13. The van der Waals surface area contributed by atoms with E-state index in [-0.39, 0.29) is 5.54 Å². The second kappa shape index (κ2) is 7.40. The average molecular weight is 421 g/mol. The molecule has 0 fully saturated rings. The lowest BCUT2D eigenvalue weighted by Crippen LogP contribution is -2.37. The Kier molecular flexibility index (Phi) is 4.70. The van der Waals surface area contributed by atoms with E-state index in [2.05, 4.69) is 24.0 Å². The first-order chi connectivity index (χ1) is 14.6. The van der Waals surface area contributed by atoms with Crippen molar-refractivity contribution in [2.45, 2.75) is 18.9 Å². The van der Waals surface area contributed by atoms with Gasteiger partial charge in [-0.25, -0.2) is 4.98 Å². The summed E-state index contributed by atoms with van der Waals surface area (Å²) in [6, 6.07) is 14.2. The van der Waals surface area contributed by atoms with Crippen LogP contribution in [0.3, 0.4) is 0 Å². The van der Waals surface area contributed by atoms with Gasteiger partial charge in [-0.05, 0) is 55.8 Å². The Morgan fingerprint density at radius 2 is 2.07 bits per heavy atom. The fraction of sp³-hybridized carbons (Fsp3) is 0.304. The number of hydrogen-bond acceptors (Lipinski definition) is 6. The van der Waals surface area contributed by atoms with Crippen molar-refractivity contribution >= 4 is 16.9 Å². The van der Waals surface area contributed by atoms with Gasteiger partial charge >= 0.3 is 0 Å². The number of aliphatic imine (C=N–C) groups is 1. The summed E-state index contributed by atoms with van der Waals surface area (Å²) in [5.74, 6) is 3.08. The number of amidine groups is 1. The van der Waals surface area contributed by atoms with Crippen molar-refractivity contribution in [1.82, 2.24) is 9.55 Å². The number of thioether (sulfide) groups is 1. The Bertz CT molecular complexity index is 1110. The number of benzene rings is 2. The zero-order valence-electron chi connectivity index (χ0n) is 17.0. The Morgan fingerprint density at radius 1 is 1.23 bits per heavy atom. The second-order valence-corrected chi connectivity index (χ2v) is 8.86. The van der Waals surface area contributed by atoms with Gasteiger partial charge in [0.1, 0.15) is 11.5 Å². The molecule has 30 heavy (non-hydrogen) atoms. The number of methoxy groups -OCH3 is 1. The minimum atomic E-state index is -0.378. The third kappa shape index (κ3) is 3.23. The van der Waals surface area contributed by atoms with Gasteiger partial charge in [-0.2, -0.15) is 0 Å². The van der Waals surface area contributed by atoms with Crippen LogP contribution in [-0.4, -0.2) is 34.2 Å². The van der Waals surface area contributed by atoms with E-state index in [0.717, 1.165) is 46.2 Å². The smallest absolute Gasteiger partial charge is 0.154 e. The fourth-order valence-electron chi connectivity index (χ4n) is 4.23. The Balaban J connectivity index is 1.54. The first-order valence-electron chi connectivity index (χ1n) is 10.0. The molecule has 6 nitrogen and oxygen atoms in total. The standard InChI is InChI=1S/C23H24N4O2S/c1-23-16(13-30-22(24)26-23)9-10-29-21-8-5-17(11-19(21)23)27-12-20(25-14-27)15-3-6-18(28-2)7-4-15/h3-8,11-12,14,16H,9-10,13H2,1-2H3,(H2,24,26)/t16-,23+/m1/s1. The molecule has 2 aliphatic rings. The van der Waals surface area contributed by atoms with Crippen LogP contribution in [0.2, 0.25) is 0 Å². The highest BCUT2D eigenvalue weighted by atomic mass is 32.2. The van der Waals surface area contributed by atoms with Crippen molar-refractivity contribution in [3.63, 3.8) is 0 Å². The Hall–Kier alpha value is -2.93. The average Bonchev–Trinajstić information content (AvgIpc) is 3.20. The third-order valence-electron chi connectivity index (χ3n) is 6.07. The summed E-state index contributed by atoms with van der Waals surface area (Å²) in [5.41, 5.74) is 9.81. The highest BCUT2D eigenvalue weighted by Gasteiger charge is 2.42. The zero-order valence-corrected chi connectivity index (χ0v) is 17.9. The third-order valence-corrected chi connectivity index (χ3v) is 7.02. The van der Waals surface area contributed by atoms with Gasteiger partial charge in [0, 0.05) is 34.7 Å². The number of hydrogen-bond donors (Lipinski definition) is 1. The minimum absolute atomic E-state index is 0.378. The van der Waals surface area contributed by atoms with Crippen LogP contribution < -0.4 is 15.2 Å². The number of nitrogens with two attached hydrogens (primary N) is 1. The largest absolute Gasteiger partial charge is 0.497 e. The van der Waals surface area contributed by atoms with E-state index in [1.807, 2.05) is 47.4 Å². The molecule has 2 aromatic carbocycles. The van der Waals surface area contributed by atoms with Gasteiger partial charge in [0.05, 0.1) is 31.3 Å². The summed E-state index contributed by atoms with van der Waals surface area (Å²) in [6.07, 6.45) is 4.85. The molecule has 3 heterocycles. The van der Waals surface area contributed by atoms with Gasteiger partial charge in [0.15, 0.2) is 5.17 Å². The van der Waals surface area contributed by atoms with Crippen LogP contribution in [0.15, 0.2) is 60.0 Å². The molecule has 0 bridgehead atoms. The van der Waals surface area contributed by atoms with Gasteiger partial charge in [0.2, 0.25) is 0 Å². The molecule has 0 aliphatic carbocycles. The quantitative estimate of drug-likeness (QED) is 0.687. The number of aromatic nitrogens is 2. The highest BCUT2D eigenvalue weighted by Crippen LogP contribution is 2.47. The normalized spacial score (nSPS) is 22.9. The molecular weight excluding hydrogens is 396 g/mol. The molecule has 7 heteroatoms. The van der Waals surface area contributed by atoms with Crippen LogP contribution in [-0.2, 0) is 5.54 Å². The maximum Gasteiger partial charge on any atom is 0.154 e. The molecule has 2 N–H and O–H groups in total. The monoisotopic (exact) mass is 420 g/mol. The second-order valence-electron chi connectivity index (χ2n) is 7.82. The number of ether oxygens (including phenoxy) is 2. The summed E-state index contributed by atoms with van der Waals surface area (Å²) in [4.78, 5) is 9.48. The van der Waals surface area contributed by atoms with E-state index < -0.39 is 0 Å². The molecule has 3 aromatic rings. The van der Waals surface area contributed by atoms with Crippen LogP contribution in [0.25, 0.3) is 16.9 Å². The van der Waals surface area contributed by atoms with E-state index >= 15 is 0 Å². The van der Waals surface area contributed by atoms with Crippen LogP contribution in [0.4, 0.5) is 0 Å². The van der Waals surface area contributed by atoms with Crippen molar-refractivity contribution in [1.29, 1.82) is 0 Å². The number of rotatable bonds is 3. The maximum atomic E-state index is 6.12. The first kappa shape index (κ1) is 19.1. The molecule has 0 saturated carbocycles. The zero-order chi connectivity index (χ0) is 20.7. The molecule has 0 radical (unpaired) electrons. The fourth-order valence-corrected chi connectivity index (χ4v) is 5.35. The molecule has 2 atom stereocenters. The summed E-state index contributed by atoms with van der Waals surface area (Å²) in [6.45, 7) is 2.88. The molecule has 0 spiro atoms. The number of imidazole rings is 1. The van der Waals surface area contributed by atoms with Crippen molar-refractivity contribution in [3.8, 4) is 28.4 Å². The molecule has 5 rings (SSSR count). The van der Waals surface area contributed by atoms with Crippen molar-refractivity contribution in [3.05, 3.63) is 60.6 Å².